The fourth-order valence-corrected chi connectivity index (χ4v) is 6.58. The molecular formula is C28H32ClN5O. The third kappa shape index (κ3) is 3.66. The number of likely N-dealkylation sites (N-methyl/N-ethyl adjacent to an activating group) is 1. The van der Waals surface area contributed by atoms with E-state index in [0.29, 0.717) is 21.8 Å². The fourth-order valence-electron chi connectivity index (χ4n) is 6.34. The molecule has 1 aromatic carbocycles. The van der Waals surface area contributed by atoms with Crippen molar-refractivity contribution in [2.24, 2.45) is 5.41 Å². The van der Waals surface area contributed by atoms with Crippen molar-refractivity contribution in [3.8, 4) is 5.69 Å². The van der Waals surface area contributed by atoms with Crippen molar-refractivity contribution >= 4 is 28.3 Å². The van der Waals surface area contributed by atoms with Gasteiger partial charge in [0.25, 0.3) is 5.56 Å². The molecule has 6 rings (SSSR count). The van der Waals surface area contributed by atoms with E-state index in [9.17, 15) is 4.79 Å². The molecule has 2 aliphatic carbocycles. The van der Waals surface area contributed by atoms with Crippen molar-refractivity contribution < 1.29 is 0 Å². The molecule has 3 aromatic rings. The average molecular weight is 490 g/mol. The molecule has 2 saturated carbocycles. The number of benzene rings is 1. The molecule has 7 heteroatoms. The van der Waals surface area contributed by atoms with E-state index in [-0.39, 0.29) is 11.0 Å². The summed E-state index contributed by atoms with van der Waals surface area (Å²) < 4.78 is 1.64. The van der Waals surface area contributed by atoms with E-state index in [2.05, 4.69) is 28.6 Å². The Kier molecular flexibility index (Phi) is 5.24. The van der Waals surface area contributed by atoms with Gasteiger partial charge in [-0.05, 0) is 87.0 Å². The summed E-state index contributed by atoms with van der Waals surface area (Å²) in [5.74, 6) is 0.568. The van der Waals surface area contributed by atoms with Crippen LogP contribution in [0.15, 0.2) is 54.1 Å². The van der Waals surface area contributed by atoms with Crippen LogP contribution >= 0.6 is 11.6 Å². The molecule has 35 heavy (non-hydrogen) atoms. The maximum Gasteiger partial charge on any atom is 0.279 e. The number of amidine groups is 1. The molecule has 6 nitrogen and oxygen atoms in total. The van der Waals surface area contributed by atoms with Crippen LogP contribution in [0.2, 0.25) is 5.02 Å². The highest BCUT2D eigenvalue weighted by atomic mass is 35.5. The fraction of sp³-hybridized carbons (Fsp3) is 0.429. The molecule has 3 fully saturated rings. The quantitative estimate of drug-likeness (QED) is 0.358. The Morgan fingerprint density at radius 2 is 2.00 bits per heavy atom. The Bertz CT molecular complexity index is 1380. The lowest BCUT2D eigenvalue weighted by molar-refractivity contribution is 0.172. The van der Waals surface area contributed by atoms with Crippen LogP contribution in [-0.4, -0.2) is 45.3 Å². The number of hydrogen-bond acceptors (Lipinski definition) is 3. The van der Waals surface area contributed by atoms with Gasteiger partial charge in [-0.1, -0.05) is 30.3 Å². The first-order valence-corrected chi connectivity index (χ1v) is 12.9. The van der Waals surface area contributed by atoms with E-state index in [4.69, 9.17) is 17.0 Å². The van der Waals surface area contributed by atoms with Crippen LogP contribution in [-0.2, 0) is 12.0 Å². The zero-order chi connectivity index (χ0) is 24.4. The average Bonchev–Trinajstić information content (AvgIpc) is 3.24. The first-order chi connectivity index (χ1) is 16.8. The van der Waals surface area contributed by atoms with Gasteiger partial charge in [-0.3, -0.25) is 19.7 Å². The lowest BCUT2D eigenvalue weighted by Crippen LogP contribution is -2.53. The van der Waals surface area contributed by atoms with Gasteiger partial charge in [0, 0.05) is 36.6 Å². The second-order valence-electron chi connectivity index (χ2n) is 10.8. The molecule has 3 heterocycles. The molecule has 182 valence electrons. The summed E-state index contributed by atoms with van der Waals surface area (Å²) in [7, 11) is 1.89. The Labute approximate surface area is 210 Å². The summed E-state index contributed by atoms with van der Waals surface area (Å²) in [5.41, 5.74) is 3.38. The minimum atomic E-state index is -0.345. The molecule has 1 spiro atoms. The van der Waals surface area contributed by atoms with E-state index in [0.717, 1.165) is 54.8 Å². The van der Waals surface area contributed by atoms with Gasteiger partial charge in [0.05, 0.1) is 10.4 Å². The topological polar surface area (TPSA) is 68.1 Å². The van der Waals surface area contributed by atoms with Gasteiger partial charge in [-0.2, -0.15) is 0 Å². The predicted octanol–water partition coefficient (Wildman–Crippen LogP) is 5.43. The second-order valence-corrected chi connectivity index (χ2v) is 11.3. The van der Waals surface area contributed by atoms with Crippen molar-refractivity contribution in [3.63, 3.8) is 0 Å². The monoisotopic (exact) mass is 489 g/mol. The van der Waals surface area contributed by atoms with E-state index < -0.39 is 0 Å². The molecule has 0 atom stereocenters. The molecule has 3 aliphatic rings. The minimum Gasteiger partial charge on any atom is -0.353 e. The third-order valence-corrected chi connectivity index (χ3v) is 8.77. The second kappa shape index (κ2) is 8.10. The van der Waals surface area contributed by atoms with Gasteiger partial charge < -0.3 is 9.88 Å². The number of H-pyrrole nitrogens is 1. The van der Waals surface area contributed by atoms with Crippen LogP contribution in [0, 0.1) is 10.8 Å². The number of pyridine rings is 1. The van der Waals surface area contributed by atoms with Crippen molar-refractivity contribution in [3.05, 3.63) is 75.9 Å². The molecule has 0 unspecified atom stereocenters. The van der Waals surface area contributed by atoms with Crippen molar-refractivity contribution in [1.82, 2.24) is 19.4 Å². The summed E-state index contributed by atoms with van der Waals surface area (Å²) in [6.45, 7) is 6.87. The van der Waals surface area contributed by atoms with Crippen molar-refractivity contribution in [2.45, 2.75) is 50.5 Å². The summed E-state index contributed by atoms with van der Waals surface area (Å²) in [6.07, 6.45) is 10.3. The first-order valence-electron chi connectivity index (χ1n) is 12.5. The lowest BCUT2D eigenvalue weighted by atomic mass is 9.55. The van der Waals surface area contributed by atoms with E-state index >= 15 is 0 Å². The van der Waals surface area contributed by atoms with Gasteiger partial charge in [-0.25, -0.2) is 0 Å². The number of nitrogens with zero attached hydrogens (tertiary/aromatic N) is 3. The maximum absolute atomic E-state index is 13.6. The normalized spacial score (nSPS) is 20.2. The number of nitrogens with one attached hydrogen (secondary N) is 2. The largest absolute Gasteiger partial charge is 0.353 e. The first kappa shape index (κ1) is 22.6. The zero-order valence-electron chi connectivity index (χ0n) is 20.2. The van der Waals surface area contributed by atoms with E-state index in [1.54, 1.807) is 17.0 Å². The Hall–Kier alpha value is -2.83. The predicted molar refractivity (Wildman–Crippen MR) is 142 cm³/mol. The smallest absolute Gasteiger partial charge is 0.279 e. The van der Waals surface area contributed by atoms with Crippen LogP contribution in [0.5, 0.6) is 0 Å². The molecule has 0 bridgehead atoms. The van der Waals surface area contributed by atoms with Crippen LogP contribution in [0.4, 0.5) is 0 Å². The number of halogens is 1. The number of aromatic nitrogens is 2. The summed E-state index contributed by atoms with van der Waals surface area (Å²) in [6, 6.07) is 10.1. The van der Waals surface area contributed by atoms with Gasteiger partial charge in [0.2, 0.25) is 0 Å². The highest BCUT2D eigenvalue weighted by Gasteiger charge is 2.63. The standard InChI is InChI=1S/C28H32ClN5O/c1-3-32(2)26(30)28(17-27(18-28)9-10-27)19-7-6-8-21(13-19)34-16-23(29)22-14-20(31-24(22)25(34)35)15-33-11-4-5-12-33/h3,6-8,13-14,16,30-31H,1,4-5,9-12,15,17-18H2,2H3. The summed E-state index contributed by atoms with van der Waals surface area (Å²) in [4.78, 5) is 21.2. The number of hydrogen-bond donors (Lipinski definition) is 2. The number of rotatable bonds is 6. The van der Waals surface area contributed by atoms with Gasteiger partial charge >= 0.3 is 0 Å². The van der Waals surface area contributed by atoms with Gasteiger partial charge in [-0.15, -0.1) is 0 Å². The highest BCUT2D eigenvalue weighted by molar-refractivity contribution is 6.35. The SMILES string of the molecule is C=CN(C)C(=N)C1(c2cccc(-n3cc(Cl)c4cc(CN5CCCC5)[nH]c4c3=O)c2)CC2(CC2)C1. The molecule has 2 N–H and O–H groups in total. The molecule has 0 amide bonds. The Morgan fingerprint density at radius 1 is 1.26 bits per heavy atom. The molecule has 0 radical (unpaired) electrons. The lowest BCUT2D eigenvalue weighted by Gasteiger charge is -2.51. The highest BCUT2D eigenvalue weighted by Crippen LogP contribution is 2.69. The minimum absolute atomic E-state index is 0.103. The summed E-state index contributed by atoms with van der Waals surface area (Å²) >= 11 is 6.69. The van der Waals surface area contributed by atoms with Crippen LogP contribution < -0.4 is 5.56 Å². The van der Waals surface area contributed by atoms with E-state index in [1.807, 2.05) is 30.1 Å². The zero-order valence-corrected chi connectivity index (χ0v) is 21.0. The number of aromatic amines is 1. The molecule has 1 saturated heterocycles. The third-order valence-electron chi connectivity index (χ3n) is 8.47. The Morgan fingerprint density at radius 3 is 2.69 bits per heavy atom. The van der Waals surface area contributed by atoms with E-state index in [1.165, 1.54) is 25.7 Å². The van der Waals surface area contributed by atoms with Gasteiger partial charge in [0.15, 0.2) is 0 Å². The Balaban J connectivity index is 1.39. The van der Waals surface area contributed by atoms with Crippen molar-refractivity contribution in [1.29, 1.82) is 5.41 Å². The van der Waals surface area contributed by atoms with Gasteiger partial charge in [0.1, 0.15) is 11.4 Å². The number of likely N-dealkylation sites (tertiary alicyclic amines) is 1. The summed E-state index contributed by atoms with van der Waals surface area (Å²) in [5, 5.41) is 10.3. The van der Waals surface area contributed by atoms with Crippen LogP contribution in [0.25, 0.3) is 16.6 Å². The molecule has 2 aromatic heterocycles. The molecular weight excluding hydrogens is 458 g/mol. The molecule has 1 aliphatic heterocycles. The maximum atomic E-state index is 13.6. The van der Waals surface area contributed by atoms with Crippen molar-refractivity contribution in [2.75, 3.05) is 20.1 Å². The van der Waals surface area contributed by atoms with Crippen LogP contribution in [0.1, 0.15) is 49.8 Å². The number of fused-ring (bicyclic) bond motifs is 1. The van der Waals surface area contributed by atoms with Crippen LogP contribution in [0.3, 0.4) is 0 Å².